The summed E-state index contributed by atoms with van der Waals surface area (Å²) >= 11 is 0. The summed E-state index contributed by atoms with van der Waals surface area (Å²) in [6.45, 7) is 2.00. The van der Waals surface area contributed by atoms with Crippen LogP contribution in [0.4, 0.5) is 0 Å². The first kappa shape index (κ1) is 11.0. The Labute approximate surface area is 96.0 Å². The summed E-state index contributed by atoms with van der Waals surface area (Å²) in [6, 6.07) is 0. The third kappa shape index (κ3) is 2.54. The van der Waals surface area contributed by atoms with Gasteiger partial charge in [-0.05, 0) is 38.3 Å². The standard InChI is InChI=1S/C13H17NO2/c1-10-8-13(16-14(10)2)7-6-11-4-3-5-12(15)9-11/h7-9H,3-6H2,1-2H3/b13-7+. The van der Waals surface area contributed by atoms with Gasteiger partial charge in [-0.2, -0.15) is 0 Å². The topological polar surface area (TPSA) is 29.5 Å². The third-order valence-electron chi connectivity index (χ3n) is 2.94. The third-order valence-corrected chi connectivity index (χ3v) is 2.94. The van der Waals surface area contributed by atoms with Gasteiger partial charge in [0, 0.05) is 19.5 Å². The lowest BCUT2D eigenvalue weighted by atomic mass is 9.96. The zero-order chi connectivity index (χ0) is 11.5. The van der Waals surface area contributed by atoms with Crippen molar-refractivity contribution >= 4 is 5.78 Å². The predicted molar refractivity (Wildman–Crippen MR) is 62.2 cm³/mol. The Morgan fingerprint density at radius 1 is 1.44 bits per heavy atom. The van der Waals surface area contributed by atoms with E-state index >= 15 is 0 Å². The van der Waals surface area contributed by atoms with Gasteiger partial charge in [-0.15, -0.1) is 0 Å². The Bertz CT molecular complexity index is 391. The highest BCUT2D eigenvalue weighted by molar-refractivity contribution is 5.91. The van der Waals surface area contributed by atoms with Gasteiger partial charge >= 0.3 is 0 Å². The molecule has 86 valence electrons. The molecule has 0 N–H and O–H groups in total. The first-order chi connectivity index (χ1) is 7.65. The number of carbonyl (C=O) groups excluding carboxylic acids is 1. The predicted octanol–water partition coefficient (Wildman–Crippen LogP) is 2.72. The molecular weight excluding hydrogens is 202 g/mol. The summed E-state index contributed by atoms with van der Waals surface area (Å²) < 4.78 is 0. The summed E-state index contributed by atoms with van der Waals surface area (Å²) in [5.41, 5.74) is 2.31. The fraction of sp³-hybridized carbons (Fsp3) is 0.462. The van der Waals surface area contributed by atoms with Crippen molar-refractivity contribution in [2.24, 2.45) is 0 Å². The van der Waals surface area contributed by atoms with Gasteiger partial charge < -0.3 is 4.84 Å². The molecule has 0 aromatic rings. The Morgan fingerprint density at radius 2 is 2.25 bits per heavy atom. The summed E-state index contributed by atoms with van der Waals surface area (Å²) in [4.78, 5) is 16.7. The highest BCUT2D eigenvalue weighted by Crippen LogP contribution is 2.23. The van der Waals surface area contributed by atoms with Crippen LogP contribution in [0.15, 0.2) is 35.3 Å². The fourth-order valence-corrected chi connectivity index (χ4v) is 1.90. The van der Waals surface area contributed by atoms with Crippen molar-refractivity contribution < 1.29 is 9.63 Å². The van der Waals surface area contributed by atoms with Crippen molar-refractivity contribution in [3.05, 3.63) is 35.3 Å². The Hall–Kier alpha value is -1.51. The normalized spacial score (nSPS) is 23.2. The zero-order valence-electron chi connectivity index (χ0n) is 9.82. The number of nitrogens with zero attached hydrogens (tertiary/aromatic N) is 1. The Kier molecular flexibility index (Phi) is 3.13. The lowest BCUT2D eigenvalue weighted by molar-refractivity contribution is -0.115. The second-order valence-electron chi connectivity index (χ2n) is 4.31. The van der Waals surface area contributed by atoms with E-state index in [9.17, 15) is 4.79 Å². The van der Waals surface area contributed by atoms with Crippen LogP contribution in [0.1, 0.15) is 32.6 Å². The molecule has 0 spiro atoms. The highest BCUT2D eigenvalue weighted by atomic mass is 16.7. The van der Waals surface area contributed by atoms with Crippen LogP contribution < -0.4 is 0 Å². The molecule has 16 heavy (non-hydrogen) atoms. The summed E-state index contributed by atoms with van der Waals surface area (Å²) in [5, 5.41) is 1.74. The van der Waals surface area contributed by atoms with Gasteiger partial charge in [-0.25, -0.2) is 5.06 Å². The molecule has 0 bridgehead atoms. The number of allylic oxidation sites excluding steroid dienone is 5. The van der Waals surface area contributed by atoms with Gasteiger partial charge in [0.25, 0.3) is 0 Å². The molecule has 0 aromatic heterocycles. The molecule has 0 amide bonds. The molecule has 0 radical (unpaired) electrons. The van der Waals surface area contributed by atoms with E-state index in [0.717, 1.165) is 30.7 Å². The molecule has 0 fully saturated rings. The minimum atomic E-state index is 0.260. The van der Waals surface area contributed by atoms with Crippen molar-refractivity contribution in [1.29, 1.82) is 0 Å². The molecule has 0 saturated carbocycles. The average Bonchev–Trinajstić information content (AvgIpc) is 2.56. The number of hydrogen-bond donors (Lipinski definition) is 0. The summed E-state index contributed by atoms with van der Waals surface area (Å²) in [6.07, 6.45) is 9.38. The van der Waals surface area contributed by atoms with E-state index in [4.69, 9.17) is 4.84 Å². The van der Waals surface area contributed by atoms with Crippen LogP contribution in [-0.4, -0.2) is 17.9 Å². The maximum absolute atomic E-state index is 11.2. The van der Waals surface area contributed by atoms with Crippen LogP contribution in [0.3, 0.4) is 0 Å². The second-order valence-corrected chi connectivity index (χ2v) is 4.31. The quantitative estimate of drug-likeness (QED) is 0.715. The molecule has 3 nitrogen and oxygen atoms in total. The first-order valence-electron chi connectivity index (χ1n) is 5.67. The van der Waals surface area contributed by atoms with Gasteiger partial charge in [-0.1, -0.05) is 5.57 Å². The average molecular weight is 219 g/mol. The van der Waals surface area contributed by atoms with Crippen molar-refractivity contribution in [3.8, 4) is 0 Å². The zero-order valence-corrected chi connectivity index (χ0v) is 9.82. The van der Waals surface area contributed by atoms with E-state index < -0.39 is 0 Å². The minimum absolute atomic E-state index is 0.260. The molecule has 1 aliphatic carbocycles. The van der Waals surface area contributed by atoms with Crippen LogP contribution >= 0.6 is 0 Å². The van der Waals surface area contributed by atoms with Gasteiger partial charge in [0.1, 0.15) is 0 Å². The van der Waals surface area contributed by atoms with E-state index in [1.165, 1.54) is 5.57 Å². The monoisotopic (exact) mass is 219 g/mol. The van der Waals surface area contributed by atoms with Crippen LogP contribution in [0.25, 0.3) is 0 Å². The van der Waals surface area contributed by atoms with Crippen LogP contribution in [0.2, 0.25) is 0 Å². The SMILES string of the molecule is CC1=C/C(=C\CC2=CC(=O)CCC2)ON1C. The largest absolute Gasteiger partial charge is 0.380 e. The van der Waals surface area contributed by atoms with E-state index in [0.29, 0.717) is 6.42 Å². The molecule has 3 heteroatoms. The molecule has 2 aliphatic rings. The van der Waals surface area contributed by atoms with Crippen molar-refractivity contribution in [2.75, 3.05) is 7.05 Å². The molecular formula is C13H17NO2. The number of ketones is 1. The van der Waals surface area contributed by atoms with E-state index in [1.807, 2.05) is 26.1 Å². The molecule has 0 saturated heterocycles. The Morgan fingerprint density at radius 3 is 2.88 bits per heavy atom. The Balaban J connectivity index is 1.97. The highest BCUT2D eigenvalue weighted by Gasteiger charge is 2.13. The molecule has 0 aromatic carbocycles. The number of hydrogen-bond acceptors (Lipinski definition) is 3. The van der Waals surface area contributed by atoms with Gasteiger partial charge in [0.05, 0.1) is 5.70 Å². The number of carbonyl (C=O) groups is 1. The van der Waals surface area contributed by atoms with Gasteiger partial charge in [-0.3, -0.25) is 4.79 Å². The van der Waals surface area contributed by atoms with Crippen LogP contribution in [-0.2, 0) is 9.63 Å². The molecule has 0 unspecified atom stereocenters. The molecule has 1 heterocycles. The van der Waals surface area contributed by atoms with E-state index in [1.54, 1.807) is 11.1 Å². The fourth-order valence-electron chi connectivity index (χ4n) is 1.90. The van der Waals surface area contributed by atoms with Gasteiger partial charge in [0.2, 0.25) is 0 Å². The smallest absolute Gasteiger partial charge is 0.155 e. The number of rotatable bonds is 2. The lowest BCUT2D eigenvalue weighted by Crippen LogP contribution is -2.08. The van der Waals surface area contributed by atoms with Crippen molar-refractivity contribution in [2.45, 2.75) is 32.6 Å². The summed E-state index contributed by atoms with van der Waals surface area (Å²) in [7, 11) is 1.88. The minimum Gasteiger partial charge on any atom is -0.380 e. The number of hydroxylamine groups is 2. The lowest BCUT2D eigenvalue weighted by Gasteiger charge is -2.12. The van der Waals surface area contributed by atoms with Gasteiger partial charge in [0.15, 0.2) is 11.5 Å². The maximum atomic E-state index is 11.2. The maximum Gasteiger partial charge on any atom is 0.155 e. The first-order valence-corrected chi connectivity index (χ1v) is 5.67. The van der Waals surface area contributed by atoms with Crippen molar-refractivity contribution in [1.82, 2.24) is 5.06 Å². The van der Waals surface area contributed by atoms with E-state index in [-0.39, 0.29) is 5.78 Å². The molecule has 1 aliphatic heterocycles. The summed E-state index contributed by atoms with van der Waals surface area (Å²) in [5.74, 6) is 1.13. The van der Waals surface area contributed by atoms with Crippen LogP contribution in [0, 0.1) is 0 Å². The second kappa shape index (κ2) is 4.56. The van der Waals surface area contributed by atoms with Crippen LogP contribution in [0.5, 0.6) is 0 Å². The molecule has 0 atom stereocenters. The van der Waals surface area contributed by atoms with Crippen molar-refractivity contribution in [3.63, 3.8) is 0 Å². The molecule has 2 rings (SSSR count). The van der Waals surface area contributed by atoms with E-state index in [2.05, 4.69) is 0 Å².